The fourth-order valence-corrected chi connectivity index (χ4v) is 3.24. The maximum absolute atomic E-state index is 11.8. The van der Waals surface area contributed by atoms with Crippen LogP contribution in [0.25, 0.3) is 11.4 Å². The van der Waals surface area contributed by atoms with Crippen molar-refractivity contribution >= 4 is 11.7 Å². The van der Waals surface area contributed by atoms with Gasteiger partial charge in [-0.1, -0.05) is 6.92 Å². The Morgan fingerprint density at radius 3 is 2.74 bits per heavy atom. The van der Waals surface area contributed by atoms with Gasteiger partial charge in [-0.3, -0.25) is 9.78 Å². The van der Waals surface area contributed by atoms with Crippen molar-refractivity contribution in [2.45, 2.75) is 46.3 Å². The molecule has 0 bridgehead atoms. The minimum absolute atomic E-state index is 0.0709. The maximum atomic E-state index is 11.8. The first-order chi connectivity index (χ1) is 13.1. The SMILES string of the molecule is CCO[C@H](CC)CNc1nc(-c2ccncc2)nc2c1CCN(C(C)=O)C2. The highest BCUT2D eigenvalue weighted by atomic mass is 16.5. The van der Waals surface area contributed by atoms with Gasteiger partial charge in [0.15, 0.2) is 5.82 Å². The molecule has 2 aromatic heterocycles. The second-order valence-corrected chi connectivity index (χ2v) is 6.61. The molecular weight excluding hydrogens is 342 g/mol. The molecule has 0 fully saturated rings. The van der Waals surface area contributed by atoms with Gasteiger partial charge in [0, 0.05) is 50.1 Å². The Hall–Kier alpha value is -2.54. The van der Waals surface area contributed by atoms with Crippen molar-refractivity contribution in [3.05, 3.63) is 35.8 Å². The van der Waals surface area contributed by atoms with Crippen molar-refractivity contribution in [1.82, 2.24) is 19.9 Å². The lowest BCUT2D eigenvalue weighted by atomic mass is 10.0. The van der Waals surface area contributed by atoms with Gasteiger partial charge in [0.05, 0.1) is 18.3 Å². The number of fused-ring (bicyclic) bond motifs is 1. The average molecular weight is 369 g/mol. The van der Waals surface area contributed by atoms with Crippen LogP contribution in [-0.4, -0.2) is 51.6 Å². The highest BCUT2D eigenvalue weighted by Gasteiger charge is 2.24. The average Bonchev–Trinajstić information content (AvgIpc) is 2.70. The van der Waals surface area contributed by atoms with Crippen molar-refractivity contribution in [1.29, 1.82) is 0 Å². The topological polar surface area (TPSA) is 80.2 Å². The molecule has 0 aliphatic carbocycles. The van der Waals surface area contributed by atoms with Crippen molar-refractivity contribution < 1.29 is 9.53 Å². The molecule has 1 aliphatic heterocycles. The Morgan fingerprint density at radius 2 is 2.07 bits per heavy atom. The predicted octanol–water partition coefficient (Wildman–Crippen LogP) is 2.67. The van der Waals surface area contributed by atoms with Crippen LogP contribution >= 0.6 is 0 Å². The Balaban J connectivity index is 1.93. The summed E-state index contributed by atoms with van der Waals surface area (Å²) in [5, 5.41) is 3.47. The lowest BCUT2D eigenvalue weighted by Crippen LogP contribution is -2.35. The number of pyridine rings is 1. The maximum Gasteiger partial charge on any atom is 0.219 e. The molecule has 0 radical (unpaired) electrons. The molecule has 1 amide bonds. The fraction of sp³-hybridized carbons (Fsp3) is 0.500. The number of carbonyl (C=O) groups is 1. The van der Waals surface area contributed by atoms with Crippen molar-refractivity contribution in [2.24, 2.45) is 0 Å². The monoisotopic (exact) mass is 369 g/mol. The molecule has 0 saturated carbocycles. The second-order valence-electron chi connectivity index (χ2n) is 6.61. The molecule has 3 heterocycles. The summed E-state index contributed by atoms with van der Waals surface area (Å²) in [6, 6.07) is 3.79. The molecule has 1 aliphatic rings. The van der Waals surface area contributed by atoms with Crippen LogP contribution in [0.5, 0.6) is 0 Å². The standard InChI is InChI=1S/C20H27N5O2/c1-4-16(27-5-2)12-22-20-17-8-11-25(14(3)26)13-18(17)23-19(24-20)15-6-9-21-10-7-15/h6-7,9-10,16H,4-5,8,11-13H2,1-3H3,(H,22,23,24)/t16-/m1/s1. The molecule has 144 valence electrons. The molecule has 1 atom stereocenters. The lowest BCUT2D eigenvalue weighted by Gasteiger charge is -2.29. The van der Waals surface area contributed by atoms with Gasteiger partial charge in [0.2, 0.25) is 5.91 Å². The highest BCUT2D eigenvalue weighted by Crippen LogP contribution is 2.27. The van der Waals surface area contributed by atoms with E-state index in [9.17, 15) is 4.79 Å². The Bertz CT molecular complexity index is 781. The molecule has 3 rings (SSSR count). The van der Waals surface area contributed by atoms with Crippen LogP contribution in [0.3, 0.4) is 0 Å². The number of aromatic nitrogens is 3. The minimum Gasteiger partial charge on any atom is -0.377 e. The van der Waals surface area contributed by atoms with Gasteiger partial charge in [0.25, 0.3) is 0 Å². The third-order valence-corrected chi connectivity index (χ3v) is 4.80. The number of hydrogen-bond acceptors (Lipinski definition) is 6. The third kappa shape index (κ3) is 4.60. The largest absolute Gasteiger partial charge is 0.377 e. The molecule has 1 N–H and O–H groups in total. The van der Waals surface area contributed by atoms with Crippen molar-refractivity contribution in [2.75, 3.05) is 25.0 Å². The summed E-state index contributed by atoms with van der Waals surface area (Å²) in [5.41, 5.74) is 2.91. The van der Waals surface area contributed by atoms with Crippen LogP contribution in [0.15, 0.2) is 24.5 Å². The summed E-state index contributed by atoms with van der Waals surface area (Å²) in [6.45, 7) is 8.32. The van der Waals surface area contributed by atoms with E-state index >= 15 is 0 Å². The molecule has 0 aromatic carbocycles. The van der Waals surface area contributed by atoms with E-state index in [1.807, 2.05) is 24.0 Å². The number of amides is 1. The number of anilines is 1. The molecule has 2 aromatic rings. The van der Waals surface area contributed by atoms with E-state index in [0.717, 1.165) is 35.5 Å². The van der Waals surface area contributed by atoms with Gasteiger partial charge < -0.3 is 15.0 Å². The summed E-state index contributed by atoms with van der Waals surface area (Å²) >= 11 is 0. The van der Waals surface area contributed by atoms with Crippen LogP contribution in [0.2, 0.25) is 0 Å². The number of nitrogens with zero attached hydrogens (tertiary/aromatic N) is 4. The number of hydrogen-bond donors (Lipinski definition) is 1. The molecule has 0 spiro atoms. The summed E-state index contributed by atoms with van der Waals surface area (Å²) < 4.78 is 5.75. The Morgan fingerprint density at radius 1 is 1.30 bits per heavy atom. The summed E-state index contributed by atoms with van der Waals surface area (Å²) in [5.74, 6) is 1.56. The zero-order valence-electron chi connectivity index (χ0n) is 16.2. The van der Waals surface area contributed by atoms with E-state index in [-0.39, 0.29) is 12.0 Å². The third-order valence-electron chi connectivity index (χ3n) is 4.80. The predicted molar refractivity (Wildman–Crippen MR) is 104 cm³/mol. The van der Waals surface area contributed by atoms with Gasteiger partial charge in [-0.25, -0.2) is 9.97 Å². The fourth-order valence-electron chi connectivity index (χ4n) is 3.24. The van der Waals surface area contributed by atoms with Gasteiger partial charge in [-0.2, -0.15) is 0 Å². The van der Waals surface area contributed by atoms with Crippen LogP contribution < -0.4 is 5.32 Å². The first-order valence-corrected chi connectivity index (χ1v) is 9.53. The smallest absolute Gasteiger partial charge is 0.219 e. The van der Waals surface area contributed by atoms with Crippen LogP contribution in [-0.2, 0) is 22.5 Å². The van der Waals surface area contributed by atoms with E-state index in [4.69, 9.17) is 14.7 Å². The first-order valence-electron chi connectivity index (χ1n) is 9.53. The lowest BCUT2D eigenvalue weighted by molar-refractivity contribution is -0.129. The van der Waals surface area contributed by atoms with Crippen molar-refractivity contribution in [3.8, 4) is 11.4 Å². The zero-order chi connectivity index (χ0) is 19.2. The highest BCUT2D eigenvalue weighted by molar-refractivity contribution is 5.74. The van der Waals surface area contributed by atoms with Crippen LogP contribution in [0, 0.1) is 0 Å². The number of ether oxygens (including phenoxy) is 1. The summed E-state index contributed by atoms with van der Waals surface area (Å²) in [4.78, 5) is 27.2. The quantitative estimate of drug-likeness (QED) is 0.808. The molecule has 7 nitrogen and oxygen atoms in total. The van der Waals surface area contributed by atoms with E-state index in [1.54, 1.807) is 19.3 Å². The van der Waals surface area contributed by atoms with Gasteiger partial charge in [-0.05, 0) is 31.9 Å². The minimum atomic E-state index is 0.0709. The summed E-state index contributed by atoms with van der Waals surface area (Å²) in [7, 11) is 0. The number of nitrogens with one attached hydrogen (secondary N) is 1. The second kappa shape index (κ2) is 8.90. The van der Waals surface area contributed by atoms with Crippen molar-refractivity contribution in [3.63, 3.8) is 0 Å². The Labute approximate surface area is 160 Å². The normalized spacial score (nSPS) is 14.6. The molecule has 7 heteroatoms. The van der Waals surface area contributed by atoms with E-state index in [2.05, 4.69) is 17.2 Å². The molecule has 0 unspecified atom stereocenters. The molecular formula is C20H27N5O2. The van der Waals surface area contributed by atoms with Gasteiger partial charge in [0.1, 0.15) is 5.82 Å². The van der Waals surface area contributed by atoms with Crippen LogP contribution in [0.4, 0.5) is 5.82 Å². The number of rotatable bonds is 7. The van der Waals surface area contributed by atoms with E-state index in [0.29, 0.717) is 32.1 Å². The summed E-state index contributed by atoms with van der Waals surface area (Å²) in [6.07, 6.45) is 5.29. The first kappa shape index (κ1) is 19.2. The van der Waals surface area contributed by atoms with E-state index in [1.165, 1.54) is 0 Å². The van der Waals surface area contributed by atoms with Crippen LogP contribution in [0.1, 0.15) is 38.4 Å². The molecule has 27 heavy (non-hydrogen) atoms. The Kier molecular flexibility index (Phi) is 6.34. The number of carbonyl (C=O) groups excluding carboxylic acids is 1. The van der Waals surface area contributed by atoms with E-state index < -0.39 is 0 Å². The van der Waals surface area contributed by atoms with Gasteiger partial charge >= 0.3 is 0 Å². The van der Waals surface area contributed by atoms with Gasteiger partial charge in [-0.15, -0.1) is 0 Å². The molecule has 0 saturated heterocycles. The zero-order valence-corrected chi connectivity index (χ0v) is 16.2.